The van der Waals surface area contributed by atoms with Crippen LogP contribution in [0.4, 0.5) is 11.4 Å². The van der Waals surface area contributed by atoms with Crippen molar-refractivity contribution in [3.8, 4) is 5.75 Å². The molecule has 0 aromatic heterocycles. The van der Waals surface area contributed by atoms with Crippen molar-refractivity contribution < 1.29 is 17.9 Å². The van der Waals surface area contributed by atoms with Crippen LogP contribution in [0.15, 0.2) is 41.3 Å². The number of para-hydroxylation sites is 1. The second kappa shape index (κ2) is 8.22. The van der Waals surface area contributed by atoms with Crippen LogP contribution in [-0.4, -0.2) is 28.0 Å². The van der Waals surface area contributed by atoms with E-state index in [4.69, 9.17) is 4.74 Å². The lowest BCUT2D eigenvalue weighted by Crippen LogP contribution is -2.25. The largest absolute Gasteiger partial charge is 0.495 e. The molecule has 1 fully saturated rings. The number of ether oxygens (including phenoxy) is 1. The van der Waals surface area contributed by atoms with Crippen LogP contribution in [0.5, 0.6) is 5.75 Å². The van der Waals surface area contributed by atoms with Crippen LogP contribution in [0.25, 0.3) is 0 Å². The SMILES string of the molecule is CCc1cccc(CC)c1NS(=O)(=O)c1ccc(OC)c(N2CCCC2=O)c1. The molecular weight excluding hydrogens is 376 g/mol. The summed E-state index contributed by atoms with van der Waals surface area (Å²) in [5.41, 5.74) is 3.03. The van der Waals surface area contributed by atoms with Crippen LogP contribution in [-0.2, 0) is 27.7 Å². The Kier molecular flexibility index (Phi) is 5.93. The van der Waals surface area contributed by atoms with Gasteiger partial charge in [-0.05, 0) is 48.6 Å². The normalized spacial score (nSPS) is 14.4. The van der Waals surface area contributed by atoms with Gasteiger partial charge in [0.2, 0.25) is 5.91 Å². The Balaban J connectivity index is 2.03. The predicted octanol–water partition coefficient (Wildman–Crippen LogP) is 3.75. The van der Waals surface area contributed by atoms with Crippen molar-refractivity contribution in [3.05, 3.63) is 47.5 Å². The zero-order chi connectivity index (χ0) is 20.3. The molecule has 1 N–H and O–H groups in total. The van der Waals surface area contributed by atoms with Crippen molar-refractivity contribution in [1.82, 2.24) is 0 Å². The lowest BCUT2D eigenvalue weighted by Gasteiger charge is -2.21. The minimum absolute atomic E-state index is 0.0228. The van der Waals surface area contributed by atoms with E-state index in [9.17, 15) is 13.2 Å². The minimum atomic E-state index is -3.82. The van der Waals surface area contributed by atoms with E-state index in [0.29, 0.717) is 30.1 Å². The average Bonchev–Trinajstić information content (AvgIpc) is 3.13. The average molecular weight is 403 g/mol. The highest BCUT2D eigenvalue weighted by molar-refractivity contribution is 7.92. The highest BCUT2D eigenvalue weighted by Gasteiger charge is 2.27. The third-order valence-corrected chi connectivity index (χ3v) is 6.41. The highest BCUT2D eigenvalue weighted by Crippen LogP contribution is 2.34. The smallest absolute Gasteiger partial charge is 0.261 e. The number of aryl methyl sites for hydroxylation is 2. The van der Waals surface area contributed by atoms with E-state index in [2.05, 4.69) is 4.72 Å². The number of carbonyl (C=O) groups is 1. The van der Waals surface area contributed by atoms with Crippen molar-refractivity contribution in [2.24, 2.45) is 0 Å². The maximum absolute atomic E-state index is 13.1. The van der Waals surface area contributed by atoms with Crippen molar-refractivity contribution in [1.29, 1.82) is 0 Å². The molecule has 0 radical (unpaired) electrons. The van der Waals surface area contributed by atoms with Gasteiger partial charge >= 0.3 is 0 Å². The first-order valence-corrected chi connectivity index (χ1v) is 11.0. The molecule has 0 spiro atoms. The molecule has 1 saturated heterocycles. The van der Waals surface area contributed by atoms with Crippen molar-refractivity contribution >= 4 is 27.3 Å². The molecule has 28 heavy (non-hydrogen) atoms. The number of amides is 1. The second-order valence-corrected chi connectivity index (χ2v) is 8.43. The Bertz CT molecular complexity index is 964. The number of nitrogens with one attached hydrogen (secondary N) is 1. The lowest BCUT2D eigenvalue weighted by molar-refractivity contribution is -0.117. The zero-order valence-electron chi connectivity index (χ0n) is 16.5. The fourth-order valence-electron chi connectivity index (χ4n) is 3.52. The van der Waals surface area contributed by atoms with Crippen molar-refractivity contribution in [2.75, 3.05) is 23.3 Å². The number of hydrogen-bond acceptors (Lipinski definition) is 4. The van der Waals surface area contributed by atoms with Crippen molar-refractivity contribution in [2.45, 2.75) is 44.4 Å². The Hall–Kier alpha value is -2.54. The predicted molar refractivity (Wildman–Crippen MR) is 111 cm³/mol. The molecule has 1 aliphatic heterocycles. The first-order valence-electron chi connectivity index (χ1n) is 9.53. The molecule has 2 aromatic rings. The van der Waals surface area contributed by atoms with Gasteiger partial charge in [0.15, 0.2) is 0 Å². The highest BCUT2D eigenvalue weighted by atomic mass is 32.2. The first-order chi connectivity index (χ1) is 13.4. The van der Waals surface area contributed by atoms with Gasteiger partial charge in [-0.1, -0.05) is 32.0 Å². The Morgan fingerprint density at radius 2 is 1.79 bits per heavy atom. The molecule has 0 saturated carbocycles. The molecule has 0 aliphatic carbocycles. The standard InChI is InChI=1S/C21H26N2O4S/c1-4-15-8-6-9-16(5-2)21(15)22-28(25,26)17-11-12-19(27-3)18(14-17)23-13-7-10-20(23)24/h6,8-9,11-12,14,22H,4-5,7,10,13H2,1-3H3. The number of anilines is 2. The fraction of sp³-hybridized carbons (Fsp3) is 0.381. The number of methoxy groups -OCH3 is 1. The van der Waals surface area contributed by atoms with Crippen LogP contribution >= 0.6 is 0 Å². The summed E-state index contributed by atoms with van der Waals surface area (Å²) in [6, 6.07) is 10.4. The molecule has 0 atom stereocenters. The summed E-state index contributed by atoms with van der Waals surface area (Å²) in [4.78, 5) is 13.9. The molecule has 0 bridgehead atoms. The maximum Gasteiger partial charge on any atom is 0.261 e. The number of nitrogens with zero attached hydrogens (tertiary/aromatic N) is 1. The summed E-state index contributed by atoms with van der Waals surface area (Å²) in [6.45, 7) is 4.55. The number of sulfonamides is 1. The van der Waals surface area contributed by atoms with Gasteiger partial charge in [0.05, 0.1) is 23.4 Å². The lowest BCUT2D eigenvalue weighted by atomic mass is 10.0. The van der Waals surface area contributed by atoms with E-state index in [1.54, 1.807) is 11.0 Å². The van der Waals surface area contributed by atoms with E-state index < -0.39 is 10.0 Å². The van der Waals surface area contributed by atoms with Crippen molar-refractivity contribution in [3.63, 3.8) is 0 Å². The summed E-state index contributed by atoms with van der Waals surface area (Å²) >= 11 is 0. The Morgan fingerprint density at radius 1 is 1.11 bits per heavy atom. The third-order valence-electron chi connectivity index (χ3n) is 5.06. The molecule has 1 aliphatic rings. The summed E-state index contributed by atoms with van der Waals surface area (Å²) in [7, 11) is -2.31. The first kappa shape index (κ1) is 20.2. The zero-order valence-corrected chi connectivity index (χ0v) is 17.3. The summed E-state index contributed by atoms with van der Waals surface area (Å²) in [6.07, 6.45) is 2.66. The quantitative estimate of drug-likeness (QED) is 0.765. The Morgan fingerprint density at radius 3 is 2.32 bits per heavy atom. The van der Waals surface area contributed by atoms with Crippen LogP contribution in [0.1, 0.15) is 37.8 Å². The monoisotopic (exact) mass is 402 g/mol. The van der Waals surface area contributed by atoms with E-state index in [0.717, 1.165) is 30.4 Å². The van der Waals surface area contributed by atoms with Crippen LogP contribution in [0.3, 0.4) is 0 Å². The number of hydrogen-bond donors (Lipinski definition) is 1. The van der Waals surface area contributed by atoms with Gasteiger partial charge in [0, 0.05) is 13.0 Å². The fourth-order valence-corrected chi connectivity index (χ4v) is 4.68. The molecule has 1 amide bonds. The van der Waals surface area contributed by atoms with Gasteiger partial charge in [0.1, 0.15) is 5.75 Å². The van der Waals surface area contributed by atoms with Crippen LogP contribution in [0, 0.1) is 0 Å². The summed E-state index contributed by atoms with van der Waals surface area (Å²) in [5.74, 6) is 0.461. The molecule has 2 aromatic carbocycles. The molecule has 150 valence electrons. The minimum Gasteiger partial charge on any atom is -0.495 e. The Labute approximate surface area is 166 Å². The van der Waals surface area contributed by atoms with E-state index in [1.807, 2.05) is 32.0 Å². The molecule has 7 heteroatoms. The van der Waals surface area contributed by atoms with Gasteiger partial charge in [-0.2, -0.15) is 0 Å². The van der Waals surface area contributed by atoms with Gasteiger partial charge < -0.3 is 9.64 Å². The molecular formula is C21H26N2O4S. The van der Waals surface area contributed by atoms with Gasteiger partial charge in [-0.25, -0.2) is 8.42 Å². The van der Waals surface area contributed by atoms with E-state index in [1.165, 1.54) is 19.2 Å². The molecule has 1 heterocycles. The summed E-state index contributed by atoms with van der Waals surface area (Å²) in [5, 5.41) is 0. The molecule has 6 nitrogen and oxygen atoms in total. The molecule has 3 rings (SSSR count). The second-order valence-electron chi connectivity index (χ2n) is 6.75. The number of benzene rings is 2. The van der Waals surface area contributed by atoms with E-state index in [-0.39, 0.29) is 10.8 Å². The van der Waals surface area contributed by atoms with Crippen LogP contribution in [0.2, 0.25) is 0 Å². The molecule has 0 unspecified atom stereocenters. The third kappa shape index (κ3) is 3.85. The summed E-state index contributed by atoms with van der Waals surface area (Å²) < 4.78 is 34.4. The van der Waals surface area contributed by atoms with Gasteiger partial charge in [-0.3, -0.25) is 9.52 Å². The van der Waals surface area contributed by atoms with Gasteiger partial charge in [-0.15, -0.1) is 0 Å². The topological polar surface area (TPSA) is 75.7 Å². The van der Waals surface area contributed by atoms with Gasteiger partial charge in [0.25, 0.3) is 10.0 Å². The maximum atomic E-state index is 13.1. The number of carbonyl (C=O) groups excluding carboxylic acids is 1. The number of rotatable bonds is 7. The van der Waals surface area contributed by atoms with Crippen LogP contribution < -0.4 is 14.4 Å². The van der Waals surface area contributed by atoms with E-state index >= 15 is 0 Å².